The zero-order valence-corrected chi connectivity index (χ0v) is 11.5. The van der Waals surface area contributed by atoms with Gasteiger partial charge in [0.1, 0.15) is 0 Å². The number of hydrogen-bond donors (Lipinski definition) is 4. The molecule has 2 heterocycles. The number of benzene rings is 1. The van der Waals surface area contributed by atoms with E-state index >= 15 is 0 Å². The molecule has 0 radical (unpaired) electrons. The van der Waals surface area contributed by atoms with Crippen molar-refractivity contribution >= 4 is 16.8 Å². The highest BCUT2D eigenvalue weighted by molar-refractivity contribution is 5.86. The van der Waals surface area contributed by atoms with E-state index in [0.29, 0.717) is 13.0 Å². The summed E-state index contributed by atoms with van der Waals surface area (Å²) in [4.78, 5) is 15.2. The summed E-state index contributed by atoms with van der Waals surface area (Å²) >= 11 is 0. The van der Waals surface area contributed by atoms with Crippen LogP contribution in [0, 0.1) is 0 Å². The number of carbonyl (C=O) groups excluding carboxylic acids is 1. The molecular formula is C15H17N5O. The van der Waals surface area contributed by atoms with E-state index in [2.05, 4.69) is 20.5 Å². The standard InChI is InChI=1S/C15H17N5O/c16-13(15(21)18-9-11-5-6-19-20-11)7-10-8-17-14-4-2-1-3-12(10)14/h1-6,8,13,17H,7,9,16H2,(H,18,21)(H,19,20)/t13-/m0/s1. The minimum absolute atomic E-state index is 0.171. The van der Waals surface area contributed by atoms with E-state index in [0.717, 1.165) is 22.2 Å². The summed E-state index contributed by atoms with van der Waals surface area (Å²) in [6, 6.07) is 9.21. The quantitative estimate of drug-likeness (QED) is 0.563. The number of hydrogen-bond acceptors (Lipinski definition) is 3. The van der Waals surface area contributed by atoms with Crippen molar-refractivity contribution in [3.8, 4) is 0 Å². The van der Waals surface area contributed by atoms with Crippen LogP contribution in [0.3, 0.4) is 0 Å². The monoisotopic (exact) mass is 283 g/mol. The molecule has 0 spiro atoms. The summed E-state index contributed by atoms with van der Waals surface area (Å²) in [6.07, 6.45) is 4.05. The summed E-state index contributed by atoms with van der Waals surface area (Å²) in [7, 11) is 0. The van der Waals surface area contributed by atoms with Gasteiger partial charge >= 0.3 is 0 Å². The molecule has 108 valence electrons. The van der Waals surface area contributed by atoms with Crippen molar-refractivity contribution < 1.29 is 4.79 Å². The first-order valence-corrected chi connectivity index (χ1v) is 6.80. The van der Waals surface area contributed by atoms with Gasteiger partial charge in [0.2, 0.25) is 5.91 Å². The molecule has 0 saturated carbocycles. The van der Waals surface area contributed by atoms with Crippen LogP contribution in [0.2, 0.25) is 0 Å². The van der Waals surface area contributed by atoms with Crippen LogP contribution in [-0.4, -0.2) is 27.1 Å². The van der Waals surface area contributed by atoms with Gasteiger partial charge in [-0.3, -0.25) is 9.89 Å². The Morgan fingerprint density at radius 1 is 1.33 bits per heavy atom. The molecule has 3 aromatic rings. The third-order valence-corrected chi connectivity index (χ3v) is 3.46. The summed E-state index contributed by atoms with van der Waals surface area (Å²) in [5, 5.41) is 10.5. The average Bonchev–Trinajstić information content (AvgIpc) is 3.15. The van der Waals surface area contributed by atoms with Gasteiger partial charge in [0.05, 0.1) is 18.3 Å². The van der Waals surface area contributed by atoms with E-state index in [-0.39, 0.29) is 5.91 Å². The Hall–Kier alpha value is -2.60. The first-order valence-electron chi connectivity index (χ1n) is 6.80. The Morgan fingerprint density at radius 3 is 3.00 bits per heavy atom. The molecule has 6 nitrogen and oxygen atoms in total. The number of aromatic nitrogens is 3. The lowest BCUT2D eigenvalue weighted by molar-refractivity contribution is -0.122. The predicted molar refractivity (Wildman–Crippen MR) is 80.4 cm³/mol. The molecule has 0 fully saturated rings. The highest BCUT2D eigenvalue weighted by atomic mass is 16.2. The van der Waals surface area contributed by atoms with E-state index in [1.54, 1.807) is 6.20 Å². The van der Waals surface area contributed by atoms with Crippen LogP contribution < -0.4 is 11.1 Å². The van der Waals surface area contributed by atoms with Gasteiger partial charge < -0.3 is 16.0 Å². The molecule has 0 bridgehead atoms. The molecular weight excluding hydrogens is 266 g/mol. The van der Waals surface area contributed by atoms with Crippen molar-refractivity contribution in [3.63, 3.8) is 0 Å². The number of H-pyrrole nitrogens is 2. The van der Waals surface area contributed by atoms with Crippen molar-refractivity contribution in [1.82, 2.24) is 20.5 Å². The molecule has 21 heavy (non-hydrogen) atoms. The van der Waals surface area contributed by atoms with Gasteiger partial charge in [0, 0.05) is 23.3 Å². The maximum Gasteiger partial charge on any atom is 0.237 e. The van der Waals surface area contributed by atoms with Gasteiger partial charge in [-0.2, -0.15) is 5.10 Å². The summed E-state index contributed by atoms with van der Waals surface area (Å²) < 4.78 is 0. The number of nitrogens with two attached hydrogens (primary N) is 1. The first kappa shape index (κ1) is 13.4. The van der Waals surface area contributed by atoms with E-state index in [1.807, 2.05) is 36.5 Å². The largest absolute Gasteiger partial charge is 0.361 e. The fourth-order valence-electron chi connectivity index (χ4n) is 2.33. The number of nitrogens with one attached hydrogen (secondary N) is 3. The lowest BCUT2D eigenvalue weighted by Crippen LogP contribution is -2.41. The molecule has 1 amide bonds. The molecule has 0 aliphatic rings. The molecule has 3 rings (SSSR count). The summed E-state index contributed by atoms with van der Waals surface area (Å²) in [5.41, 5.74) is 8.94. The smallest absolute Gasteiger partial charge is 0.237 e. The van der Waals surface area contributed by atoms with E-state index in [9.17, 15) is 4.79 Å². The molecule has 1 atom stereocenters. The Bertz CT molecular complexity index is 731. The van der Waals surface area contributed by atoms with Crippen LogP contribution in [0.1, 0.15) is 11.3 Å². The third kappa shape index (κ3) is 2.95. The number of fused-ring (bicyclic) bond motifs is 1. The highest BCUT2D eigenvalue weighted by Crippen LogP contribution is 2.18. The molecule has 0 unspecified atom stereocenters. The summed E-state index contributed by atoms with van der Waals surface area (Å²) in [6.45, 7) is 0.403. The number of para-hydroxylation sites is 1. The molecule has 0 aliphatic heterocycles. The Labute approximate surface area is 121 Å². The van der Waals surface area contributed by atoms with Crippen molar-refractivity contribution in [2.45, 2.75) is 19.0 Å². The Morgan fingerprint density at radius 2 is 2.19 bits per heavy atom. The van der Waals surface area contributed by atoms with Crippen molar-refractivity contribution in [2.75, 3.05) is 0 Å². The van der Waals surface area contributed by atoms with Crippen molar-refractivity contribution in [2.24, 2.45) is 5.73 Å². The van der Waals surface area contributed by atoms with Crippen LogP contribution in [0.4, 0.5) is 0 Å². The van der Waals surface area contributed by atoms with Crippen molar-refractivity contribution in [1.29, 1.82) is 0 Å². The fraction of sp³-hybridized carbons (Fsp3) is 0.200. The van der Waals surface area contributed by atoms with Crippen LogP contribution in [0.15, 0.2) is 42.7 Å². The van der Waals surface area contributed by atoms with Gasteiger partial charge in [-0.15, -0.1) is 0 Å². The lowest BCUT2D eigenvalue weighted by Gasteiger charge is -2.11. The second-order valence-electron chi connectivity index (χ2n) is 4.97. The molecule has 6 heteroatoms. The number of nitrogens with zero attached hydrogens (tertiary/aromatic N) is 1. The number of carbonyl (C=O) groups is 1. The van der Waals surface area contributed by atoms with Crippen LogP contribution >= 0.6 is 0 Å². The van der Waals surface area contributed by atoms with E-state index in [1.165, 1.54) is 0 Å². The number of aromatic amines is 2. The second kappa shape index (κ2) is 5.80. The van der Waals surface area contributed by atoms with Crippen LogP contribution in [0.25, 0.3) is 10.9 Å². The maximum absolute atomic E-state index is 12.0. The van der Waals surface area contributed by atoms with Gasteiger partial charge in [-0.1, -0.05) is 18.2 Å². The molecule has 1 aromatic carbocycles. The Balaban J connectivity index is 1.62. The van der Waals surface area contributed by atoms with E-state index in [4.69, 9.17) is 5.73 Å². The van der Waals surface area contributed by atoms with Gasteiger partial charge in [-0.25, -0.2) is 0 Å². The Kier molecular flexibility index (Phi) is 3.70. The number of amides is 1. The van der Waals surface area contributed by atoms with E-state index < -0.39 is 6.04 Å². The normalized spacial score (nSPS) is 12.4. The van der Waals surface area contributed by atoms with Crippen molar-refractivity contribution in [3.05, 3.63) is 54.0 Å². The van der Waals surface area contributed by atoms with Gasteiger partial charge in [-0.05, 0) is 24.1 Å². The topological polar surface area (TPSA) is 99.6 Å². The maximum atomic E-state index is 12.0. The van der Waals surface area contributed by atoms with Gasteiger partial charge in [0.15, 0.2) is 0 Å². The second-order valence-corrected chi connectivity index (χ2v) is 4.97. The molecule has 5 N–H and O–H groups in total. The average molecular weight is 283 g/mol. The third-order valence-electron chi connectivity index (χ3n) is 3.46. The SMILES string of the molecule is N[C@@H](Cc1c[nH]c2ccccc12)C(=O)NCc1ccn[nH]1. The minimum atomic E-state index is -0.577. The lowest BCUT2D eigenvalue weighted by atomic mass is 10.1. The first-order chi connectivity index (χ1) is 10.2. The van der Waals surface area contributed by atoms with Crippen LogP contribution in [0.5, 0.6) is 0 Å². The number of rotatable bonds is 5. The predicted octanol–water partition coefficient (Wildman–Crippen LogP) is 1.08. The highest BCUT2D eigenvalue weighted by Gasteiger charge is 2.16. The summed E-state index contributed by atoms with van der Waals surface area (Å²) in [5.74, 6) is -0.171. The zero-order chi connectivity index (χ0) is 14.7. The minimum Gasteiger partial charge on any atom is -0.361 e. The van der Waals surface area contributed by atoms with Crippen LogP contribution in [-0.2, 0) is 17.8 Å². The molecule has 0 aliphatic carbocycles. The fourth-order valence-corrected chi connectivity index (χ4v) is 2.33. The molecule has 0 saturated heterocycles. The zero-order valence-electron chi connectivity index (χ0n) is 11.5. The molecule has 2 aromatic heterocycles. The van der Waals surface area contributed by atoms with Gasteiger partial charge in [0.25, 0.3) is 0 Å².